The molecule has 3 N–H and O–H groups in total. The van der Waals surface area contributed by atoms with Gasteiger partial charge >= 0.3 is 0 Å². The number of nitrogen functional groups attached to an aromatic ring is 1. The van der Waals surface area contributed by atoms with E-state index in [1.54, 1.807) is 6.33 Å². The van der Waals surface area contributed by atoms with Gasteiger partial charge in [-0.2, -0.15) is 0 Å². The van der Waals surface area contributed by atoms with Crippen LogP contribution in [0.25, 0.3) is 0 Å². The second-order valence-electron chi connectivity index (χ2n) is 6.43. The van der Waals surface area contributed by atoms with E-state index < -0.39 is 0 Å². The van der Waals surface area contributed by atoms with Gasteiger partial charge in [-0.05, 0) is 55.7 Å². The third-order valence-corrected chi connectivity index (χ3v) is 4.66. The number of fused-ring (bicyclic) bond motifs is 1. The average molecular weight is 361 g/mol. The first-order valence-electron chi connectivity index (χ1n) is 9.22. The molecule has 3 aromatic rings. The maximum absolute atomic E-state index is 6.44. The van der Waals surface area contributed by atoms with Crippen molar-refractivity contribution in [2.75, 3.05) is 29.1 Å². The highest BCUT2D eigenvalue weighted by Gasteiger charge is 2.22. The van der Waals surface area contributed by atoms with Gasteiger partial charge in [0, 0.05) is 17.9 Å². The summed E-state index contributed by atoms with van der Waals surface area (Å²) in [4.78, 5) is 11.0. The quantitative estimate of drug-likeness (QED) is 0.706. The summed E-state index contributed by atoms with van der Waals surface area (Å²) in [5, 5.41) is 3.29. The zero-order valence-corrected chi connectivity index (χ0v) is 15.4. The molecule has 1 aliphatic heterocycles. The molecule has 4 rings (SSSR count). The van der Waals surface area contributed by atoms with Crippen molar-refractivity contribution in [3.63, 3.8) is 0 Å². The van der Waals surface area contributed by atoms with Gasteiger partial charge in [-0.3, -0.25) is 0 Å². The van der Waals surface area contributed by atoms with Gasteiger partial charge in [-0.1, -0.05) is 18.2 Å². The van der Waals surface area contributed by atoms with E-state index in [9.17, 15) is 0 Å². The van der Waals surface area contributed by atoms with E-state index in [-0.39, 0.29) is 0 Å². The fourth-order valence-corrected chi connectivity index (χ4v) is 3.39. The van der Waals surface area contributed by atoms with E-state index in [2.05, 4.69) is 38.4 Å². The van der Waals surface area contributed by atoms with Crippen molar-refractivity contribution in [1.82, 2.24) is 9.97 Å². The zero-order chi connectivity index (χ0) is 18.6. The fraction of sp³-hybridized carbons (Fsp3) is 0.238. The van der Waals surface area contributed by atoms with Gasteiger partial charge in [-0.25, -0.2) is 9.97 Å². The Morgan fingerprint density at radius 2 is 1.93 bits per heavy atom. The molecule has 1 aliphatic rings. The molecule has 0 unspecified atom stereocenters. The molecular formula is C21H23N5O. The predicted molar refractivity (Wildman–Crippen MR) is 109 cm³/mol. The van der Waals surface area contributed by atoms with Crippen LogP contribution in [-0.2, 0) is 6.42 Å². The fourth-order valence-electron chi connectivity index (χ4n) is 3.39. The summed E-state index contributed by atoms with van der Waals surface area (Å²) in [5.74, 6) is 2.18. The summed E-state index contributed by atoms with van der Waals surface area (Å²) in [6.45, 7) is 3.50. The molecule has 0 amide bonds. The molecule has 2 aromatic carbocycles. The number of para-hydroxylation sites is 1. The van der Waals surface area contributed by atoms with Crippen molar-refractivity contribution in [3.8, 4) is 5.75 Å². The van der Waals surface area contributed by atoms with Crippen LogP contribution in [0.2, 0.25) is 0 Å². The minimum Gasteiger partial charge on any atom is -0.494 e. The van der Waals surface area contributed by atoms with Crippen LogP contribution >= 0.6 is 0 Å². The Hall–Kier alpha value is -3.28. The number of ether oxygens (including phenoxy) is 1. The lowest BCUT2D eigenvalue weighted by molar-refractivity contribution is 0.340. The van der Waals surface area contributed by atoms with Crippen LogP contribution in [0.5, 0.6) is 5.75 Å². The molecule has 0 saturated carbocycles. The molecule has 27 heavy (non-hydrogen) atoms. The number of rotatable bonds is 5. The van der Waals surface area contributed by atoms with Crippen LogP contribution in [0.3, 0.4) is 0 Å². The Morgan fingerprint density at radius 1 is 1.11 bits per heavy atom. The van der Waals surface area contributed by atoms with Crippen LogP contribution in [0.15, 0.2) is 54.9 Å². The number of hydrogen-bond donors (Lipinski definition) is 2. The number of anilines is 5. The van der Waals surface area contributed by atoms with E-state index in [4.69, 9.17) is 10.5 Å². The van der Waals surface area contributed by atoms with Crippen molar-refractivity contribution in [2.45, 2.75) is 19.8 Å². The number of aromatic nitrogens is 2. The minimum atomic E-state index is 0.545. The summed E-state index contributed by atoms with van der Waals surface area (Å²) in [6, 6.07) is 16.1. The minimum absolute atomic E-state index is 0.545. The molecule has 0 fully saturated rings. The number of benzene rings is 2. The lowest BCUT2D eigenvalue weighted by Gasteiger charge is -2.31. The first-order valence-corrected chi connectivity index (χ1v) is 9.22. The lowest BCUT2D eigenvalue weighted by Crippen LogP contribution is -2.26. The van der Waals surface area contributed by atoms with Gasteiger partial charge in [0.05, 0.1) is 6.61 Å². The smallest absolute Gasteiger partial charge is 0.161 e. The Morgan fingerprint density at radius 3 is 2.74 bits per heavy atom. The zero-order valence-electron chi connectivity index (χ0n) is 15.4. The SMILES string of the molecule is CCOc1ccc(Nc2ncnc(N3CCCc4ccccc43)c2N)cc1. The highest BCUT2D eigenvalue weighted by molar-refractivity contribution is 5.82. The molecule has 138 valence electrons. The Kier molecular flexibility index (Phi) is 4.78. The van der Waals surface area contributed by atoms with Crippen molar-refractivity contribution in [2.24, 2.45) is 0 Å². The predicted octanol–water partition coefficient (Wildman–Crippen LogP) is 4.29. The monoisotopic (exact) mass is 361 g/mol. The van der Waals surface area contributed by atoms with E-state index in [1.165, 1.54) is 11.3 Å². The first kappa shape index (κ1) is 17.1. The second-order valence-corrected chi connectivity index (χ2v) is 6.43. The normalized spacial score (nSPS) is 13.1. The largest absolute Gasteiger partial charge is 0.494 e. The summed E-state index contributed by atoms with van der Waals surface area (Å²) in [5.41, 5.74) is 10.4. The van der Waals surface area contributed by atoms with Gasteiger partial charge in [0.2, 0.25) is 0 Å². The van der Waals surface area contributed by atoms with Gasteiger partial charge in [-0.15, -0.1) is 0 Å². The Balaban J connectivity index is 1.62. The van der Waals surface area contributed by atoms with Crippen LogP contribution in [0.4, 0.5) is 28.7 Å². The highest BCUT2D eigenvalue weighted by Crippen LogP contribution is 2.37. The number of nitrogens with one attached hydrogen (secondary N) is 1. The summed E-state index contributed by atoms with van der Waals surface area (Å²) in [7, 11) is 0. The number of aryl methyl sites for hydroxylation is 1. The second kappa shape index (κ2) is 7.53. The molecule has 0 atom stereocenters. The maximum atomic E-state index is 6.44. The van der Waals surface area contributed by atoms with Crippen molar-refractivity contribution in [3.05, 3.63) is 60.4 Å². The molecule has 2 heterocycles. The molecule has 1 aromatic heterocycles. The molecule has 0 spiro atoms. The number of nitrogens with zero attached hydrogens (tertiary/aromatic N) is 3. The van der Waals surface area contributed by atoms with Crippen LogP contribution in [0.1, 0.15) is 18.9 Å². The van der Waals surface area contributed by atoms with E-state index in [0.29, 0.717) is 18.1 Å². The molecule has 0 bridgehead atoms. The lowest BCUT2D eigenvalue weighted by atomic mass is 10.0. The van der Waals surface area contributed by atoms with Gasteiger partial charge in [0.25, 0.3) is 0 Å². The van der Waals surface area contributed by atoms with E-state index >= 15 is 0 Å². The third-order valence-electron chi connectivity index (χ3n) is 4.66. The average Bonchev–Trinajstić information content (AvgIpc) is 2.71. The van der Waals surface area contributed by atoms with Gasteiger partial charge < -0.3 is 20.7 Å². The van der Waals surface area contributed by atoms with Crippen LogP contribution in [-0.4, -0.2) is 23.1 Å². The third kappa shape index (κ3) is 3.51. The molecule has 0 radical (unpaired) electrons. The van der Waals surface area contributed by atoms with Gasteiger partial charge in [0.1, 0.15) is 17.8 Å². The molecular weight excluding hydrogens is 338 g/mol. The van der Waals surface area contributed by atoms with Gasteiger partial charge in [0.15, 0.2) is 11.6 Å². The number of hydrogen-bond acceptors (Lipinski definition) is 6. The molecule has 6 heteroatoms. The van der Waals surface area contributed by atoms with Crippen molar-refractivity contribution in [1.29, 1.82) is 0 Å². The van der Waals surface area contributed by atoms with E-state index in [1.807, 2.05) is 37.3 Å². The standard InChI is InChI=1S/C21H23N5O/c1-2-27-17-11-9-16(10-12-17)25-20-19(22)21(24-14-23-20)26-13-5-7-15-6-3-4-8-18(15)26/h3-4,6,8-12,14H,2,5,7,13,22H2,1H3,(H,23,24,25). The Labute approximate surface area is 159 Å². The maximum Gasteiger partial charge on any atom is 0.161 e. The summed E-state index contributed by atoms with van der Waals surface area (Å²) >= 11 is 0. The van der Waals surface area contributed by atoms with Crippen molar-refractivity contribution >= 4 is 28.7 Å². The van der Waals surface area contributed by atoms with Crippen LogP contribution in [0, 0.1) is 0 Å². The number of nitrogens with two attached hydrogens (primary N) is 1. The topological polar surface area (TPSA) is 76.3 Å². The molecule has 6 nitrogen and oxygen atoms in total. The first-order chi connectivity index (χ1) is 13.3. The molecule has 0 saturated heterocycles. The van der Waals surface area contributed by atoms with Crippen molar-refractivity contribution < 1.29 is 4.74 Å². The summed E-state index contributed by atoms with van der Waals surface area (Å²) < 4.78 is 5.48. The molecule has 0 aliphatic carbocycles. The Bertz CT molecular complexity index is 926. The van der Waals surface area contributed by atoms with E-state index in [0.717, 1.165) is 36.6 Å². The highest BCUT2D eigenvalue weighted by atomic mass is 16.5. The summed E-state index contributed by atoms with van der Waals surface area (Å²) in [6.07, 6.45) is 3.71. The van der Waals surface area contributed by atoms with Crippen LogP contribution < -0.4 is 20.7 Å².